The molecular weight excluding hydrogens is 220 g/mol. The van der Waals surface area contributed by atoms with Gasteiger partial charge in [0.1, 0.15) is 12.1 Å². The molecule has 0 saturated heterocycles. The van der Waals surface area contributed by atoms with Crippen molar-refractivity contribution in [2.45, 2.75) is 6.92 Å². The fraction of sp³-hybridized carbons (Fsp3) is 0.333. The van der Waals surface area contributed by atoms with Crippen molar-refractivity contribution in [3.05, 3.63) is 29.6 Å². The summed E-state index contributed by atoms with van der Waals surface area (Å²) in [5.74, 6) is -0.330. The van der Waals surface area contributed by atoms with Gasteiger partial charge in [-0.25, -0.2) is 4.39 Å². The van der Waals surface area contributed by atoms with Gasteiger partial charge in [-0.2, -0.15) is 0 Å². The van der Waals surface area contributed by atoms with E-state index in [9.17, 15) is 8.96 Å². The topological polar surface area (TPSA) is 60.8 Å². The first-order valence-corrected chi connectivity index (χ1v) is 6.11. The average molecular weight is 233 g/mol. The molecule has 4 nitrogen and oxygen atoms in total. The van der Waals surface area contributed by atoms with Crippen molar-refractivity contribution in [1.29, 1.82) is 0 Å². The summed E-state index contributed by atoms with van der Waals surface area (Å²) in [6.45, 7) is 1.60. The van der Waals surface area contributed by atoms with Gasteiger partial charge in [0.2, 0.25) is 0 Å². The maximum Gasteiger partial charge on any atom is 0.344 e. The van der Waals surface area contributed by atoms with E-state index in [1.165, 1.54) is 17.0 Å². The van der Waals surface area contributed by atoms with Gasteiger partial charge in [-0.3, -0.25) is 4.57 Å². The quantitative estimate of drug-likeness (QED) is 0.780. The number of anilines is 1. The van der Waals surface area contributed by atoms with Crippen molar-refractivity contribution in [2.75, 3.05) is 18.2 Å². The van der Waals surface area contributed by atoms with Crippen LogP contribution in [0.5, 0.6) is 0 Å². The summed E-state index contributed by atoms with van der Waals surface area (Å²) in [4.78, 5) is 18.9. The Kier molecular flexibility index (Phi) is 3.50. The molecule has 0 aliphatic carbocycles. The van der Waals surface area contributed by atoms with Crippen LogP contribution in [-0.2, 0) is 4.57 Å². The number of rotatable bonds is 3. The van der Waals surface area contributed by atoms with E-state index in [-0.39, 0.29) is 12.1 Å². The number of nitrogens with zero attached hydrogens (tertiary/aromatic N) is 1. The van der Waals surface area contributed by atoms with E-state index in [0.29, 0.717) is 11.3 Å². The van der Waals surface area contributed by atoms with Crippen molar-refractivity contribution in [3.63, 3.8) is 0 Å². The molecule has 2 N–H and O–H groups in total. The molecule has 1 aromatic carbocycles. The van der Waals surface area contributed by atoms with E-state index in [1.807, 2.05) is 0 Å². The van der Waals surface area contributed by atoms with Crippen molar-refractivity contribution < 1.29 is 18.7 Å². The van der Waals surface area contributed by atoms with Crippen LogP contribution in [0.1, 0.15) is 5.56 Å². The third-order valence-corrected chi connectivity index (χ3v) is 2.77. The molecular formula is C9H13FNO3P. The smallest absolute Gasteiger partial charge is 0.344 e. The van der Waals surface area contributed by atoms with E-state index in [0.717, 1.165) is 0 Å². The fourth-order valence-electron chi connectivity index (χ4n) is 1.22. The molecule has 6 heteroatoms. The lowest BCUT2D eigenvalue weighted by molar-refractivity contribution is 0.373. The first kappa shape index (κ1) is 12.2. The van der Waals surface area contributed by atoms with Crippen LogP contribution in [0, 0.1) is 12.7 Å². The van der Waals surface area contributed by atoms with E-state index < -0.39 is 7.60 Å². The molecule has 1 rings (SSSR count). The number of hydrogen-bond donors (Lipinski definition) is 2. The highest BCUT2D eigenvalue weighted by Gasteiger charge is 2.16. The minimum atomic E-state index is -4.08. The average Bonchev–Trinajstić information content (AvgIpc) is 2.06. The summed E-state index contributed by atoms with van der Waals surface area (Å²) in [5, 5.41) is 0. The van der Waals surface area contributed by atoms with Crippen molar-refractivity contribution >= 4 is 13.3 Å². The molecule has 0 fully saturated rings. The van der Waals surface area contributed by atoms with Gasteiger partial charge in [0.05, 0.1) is 0 Å². The minimum Gasteiger partial charge on any atom is -0.363 e. The third-order valence-electron chi connectivity index (χ3n) is 1.98. The Balaban J connectivity index is 2.87. The molecule has 0 aliphatic heterocycles. The van der Waals surface area contributed by atoms with Gasteiger partial charge < -0.3 is 14.7 Å². The standard InChI is InChI=1S/C9H13FNO3P/c1-7-5-8(3-4-9(7)10)11(2)6-15(12,13)14/h3-5H,6H2,1-2H3,(H2,12,13,14). The van der Waals surface area contributed by atoms with E-state index in [2.05, 4.69) is 0 Å². The van der Waals surface area contributed by atoms with Crippen LogP contribution < -0.4 is 4.90 Å². The van der Waals surface area contributed by atoms with E-state index in [4.69, 9.17) is 9.79 Å². The first-order valence-electron chi connectivity index (χ1n) is 4.31. The Bertz CT molecular complexity index is 404. The first-order chi connectivity index (χ1) is 6.79. The highest BCUT2D eigenvalue weighted by molar-refractivity contribution is 7.51. The maximum absolute atomic E-state index is 12.9. The molecule has 0 aliphatic rings. The Labute approximate surface area is 87.5 Å². The highest BCUT2D eigenvalue weighted by atomic mass is 31.2. The SMILES string of the molecule is Cc1cc(N(C)CP(=O)(O)O)ccc1F. The van der Waals surface area contributed by atoms with Gasteiger partial charge in [-0.15, -0.1) is 0 Å². The van der Waals surface area contributed by atoms with Crippen LogP contribution in [-0.4, -0.2) is 23.1 Å². The van der Waals surface area contributed by atoms with Gasteiger partial charge in [-0.1, -0.05) is 0 Å². The van der Waals surface area contributed by atoms with Gasteiger partial charge in [0, 0.05) is 12.7 Å². The van der Waals surface area contributed by atoms with Crippen LogP contribution >= 0.6 is 7.60 Å². The Morgan fingerprint density at radius 2 is 2.07 bits per heavy atom. The van der Waals surface area contributed by atoms with Crippen molar-refractivity contribution in [3.8, 4) is 0 Å². The second kappa shape index (κ2) is 4.31. The lowest BCUT2D eigenvalue weighted by atomic mass is 10.2. The Morgan fingerprint density at radius 1 is 1.47 bits per heavy atom. The second-order valence-electron chi connectivity index (χ2n) is 3.44. The Morgan fingerprint density at radius 3 is 2.53 bits per heavy atom. The predicted octanol–water partition coefficient (Wildman–Crippen LogP) is 1.71. The summed E-state index contributed by atoms with van der Waals surface area (Å²) in [5.41, 5.74) is 1.03. The van der Waals surface area contributed by atoms with Crippen LogP contribution in [0.4, 0.5) is 10.1 Å². The lowest BCUT2D eigenvalue weighted by Gasteiger charge is -2.20. The normalized spacial score (nSPS) is 11.5. The fourth-order valence-corrected chi connectivity index (χ4v) is 1.94. The number of benzene rings is 1. The van der Waals surface area contributed by atoms with Gasteiger partial charge in [-0.05, 0) is 30.7 Å². The lowest BCUT2D eigenvalue weighted by Crippen LogP contribution is -2.18. The molecule has 1 aromatic rings. The highest BCUT2D eigenvalue weighted by Crippen LogP contribution is 2.36. The molecule has 0 aromatic heterocycles. The summed E-state index contributed by atoms with van der Waals surface area (Å²) in [6, 6.07) is 4.31. The van der Waals surface area contributed by atoms with E-state index in [1.54, 1.807) is 20.0 Å². The molecule has 0 bridgehead atoms. The van der Waals surface area contributed by atoms with Crippen LogP contribution in [0.2, 0.25) is 0 Å². The summed E-state index contributed by atoms with van der Waals surface area (Å²) in [6.07, 6.45) is -0.377. The zero-order valence-electron chi connectivity index (χ0n) is 8.51. The molecule has 0 spiro atoms. The Hall–Kier alpha value is -0.900. The molecule has 0 saturated carbocycles. The third kappa shape index (κ3) is 3.63. The predicted molar refractivity (Wildman–Crippen MR) is 56.5 cm³/mol. The molecule has 0 heterocycles. The van der Waals surface area contributed by atoms with Gasteiger partial charge >= 0.3 is 7.60 Å². The molecule has 84 valence electrons. The molecule has 0 atom stereocenters. The zero-order valence-corrected chi connectivity index (χ0v) is 9.41. The van der Waals surface area contributed by atoms with Gasteiger partial charge in [0.25, 0.3) is 0 Å². The maximum atomic E-state index is 12.9. The van der Waals surface area contributed by atoms with E-state index >= 15 is 0 Å². The second-order valence-corrected chi connectivity index (χ2v) is 5.05. The number of aryl methyl sites for hydroxylation is 1. The molecule has 0 amide bonds. The van der Waals surface area contributed by atoms with Crippen LogP contribution in [0.25, 0.3) is 0 Å². The summed E-state index contributed by atoms with van der Waals surface area (Å²) in [7, 11) is -2.53. The van der Waals surface area contributed by atoms with Crippen LogP contribution in [0.15, 0.2) is 18.2 Å². The summed E-state index contributed by atoms with van der Waals surface area (Å²) < 4.78 is 23.7. The number of hydrogen-bond acceptors (Lipinski definition) is 2. The molecule has 0 radical (unpaired) electrons. The van der Waals surface area contributed by atoms with Crippen molar-refractivity contribution in [2.24, 2.45) is 0 Å². The number of halogens is 1. The van der Waals surface area contributed by atoms with Crippen LogP contribution in [0.3, 0.4) is 0 Å². The minimum absolute atomic E-state index is 0.330. The molecule has 0 unspecified atom stereocenters. The molecule has 15 heavy (non-hydrogen) atoms. The largest absolute Gasteiger partial charge is 0.363 e. The van der Waals surface area contributed by atoms with Gasteiger partial charge in [0.15, 0.2) is 0 Å². The van der Waals surface area contributed by atoms with Crippen molar-refractivity contribution in [1.82, 2.24) is 0 Å². The monoisotopic (exact) mass is 233 g/mol. The zero-order chi connectivity index (χ0) is 11.6. The summed E-state index contributed by atoms with van der Waals surface area (Å²) >= 11 is 0.